The third-order valence-electron chi connectivity index (χ3n) is 3.20. The zero-order valence-electron chi connectivity index (χ0n) is 8.66. The minimum Gasteiger partial charge on any atom is -0.379 e. The van der Waals surface area contributed by atoms with E-state index in [0.29, 0.717) is 12.6 Å². The van der Waals surface area contributed by atoms with Crippen LogP contribution in [-0.2, 0) is 4.74 Å². The number of rotatable bonds is 2. The molecule has 0 aromatic carbocycles. The fourth-order valence-corrected chi connectivity index (χ4v) is 1.86. The molecule has 4 heteroatoms. The molecular weight excluding hydrogens is 180 g/mol. The number of nitrogens with zero attached hydrogens (tertiary/aromatic N) is 1. The molecule has 1 aliphatic carbocycles. The molecule has 1 N–H and O–H groups in total. The van der Waals surface area contributed by atoms with Crippen LogP contribution in [0.3, 0.4) is 0 Å². The highest BCUT2D eigenvalue weighted by molar-refractivity contribution is 5.74. The molecule has 0 bridgehead atoms. The Morgan fingerprint density at radius 3 is 2.71 bits per heavy atom. The SMILES string of the molecule is CN(C(=O)NC1CCOC1)C1CCC1. The van der Waals surface area contributed by atoms with E-state index in [1.807, 2.05) is 11.9 Å². The second-order valence-electron chi connectivity index (χ2n) is 4.21. The molecule has 80 valence electrons. The Hall–Kier alpha value is -0.770. The molecule has 2 amide bonds. The van der Waals surface area contributed by atoms with Crippen molar-refractivity contribution >= 4 is 6.03 Å². The van der Waals surface area contributed by atoms with E-state index in [-0.39, 0.29) is 12.1 Å². The van der Waals surface area contributed by atoms with E-state index >= 15 is 0 Å². The summed E-state index contributed by atoms with van der Waals surface area (Å²) in [6.07, 6.45) is 4.52. The monoisotopic (exact) mass is 198 g/mol. The maximum atomic E-state index is 11.7. The molecule has 0 radical (unpaired) electrons. The van der Waals surface area contributed by atoms with Crippen molar-refractivity contribution in [1.82, 2.24) is 10.2 Å². The van der Waals surface area contributed by atoms with Crippen LogP contribution in [0.5, 0.6) is 0 Å². The summed E-state index contributed by atoms with van der Waals surface area (Å²) in [6.45, 7) is 1.45. The van der Waals surface area contributed by atoms with Crippen molar-refractivity contribution in [2.24, 2.45) is 0 Å². The second kappa shape index (κ2) is 4.17. The summed E-state index contributed by atoms with van der Waals surface area (Å²) in [5.74, 6) is 0. The van der Waals surface area contributed by atoms with Gasteiger partial charge in [-0.05, 0) is 25.7 Å². The first-order valence-electron chi connectivity index (χ1n) is 5.38. The topological polar surface area (TPSA) is 41.6 Å². The third-order valence-corrected chi connectivity index (χ3v) is 3.20. The Morgan fingerprint density at radius 1 is 1.43 bits per heavy atom. The second-order valence-corrected chi connectivity index (χ2v) is 4.21. The molecule has 1 atom stereocenters. The molecule has 4 nitrogen and oxygen atoms in total. The molecule has 0 aromatic heterocycles. The summed E-state index contributed by atoms with van der Waals surface area (Å²) in [6, 6.07) is 0.757. The lowest BCUT2D eigenvalue weighted by Gasteiger charge is -2.35. The van der Waals surface area contributed by atoms with Gasteiger partial charge in [-0.25, -0.2) is 4.79 Å². The number of carbonyl (C=O) groups is 1. The third kappa shape index (κ3) is 2.00. The Labute approximate surface area is 84.6 Å². The lowest BCUT2D eigenvalue weighted by atomic mass is 9.92. The summed E-state index contributed by atoms with van der Waals surface area (Å²) < 4.78 is 5.21. The van der Waals surface area contributed by atoms with Gasteiger partial charge in [0, 0.05) is 19.7 Å². The van der Waals surface area contributed by atoms with Crippen molar-refractivity contribution in [3.63, 3.8) is 0 Å². The van der Waals surface area contributed by atoms with E-state index in [4.69, 9.17) is 4.74 Å². The molecule has 2 fully saturated rings. The maximum absolute atomic E-state index is 11.7. The zero-order valence-corrected chi connectivity index (χ0v) is 8.66. The molecule has 1 heterocycles. The maximum Gasteiger partial charge on any atom is 0.317 e. The highest BCUT2D eigenvalue weighted by Crippen LogP contribution is 2.23. The molecule has 1 aliphatic heterocycles. The van der Waals surface area contributed by atoms with Crippen LogP contribution >= 0.6 is 0 Å². The Bertz CT molecular complexity index is 210. The summed E-state index contributed by atoms with van der Waals surface area (Å²) in [7, 11) is 1.88. The predicted octanol–water partition coefficient (Wildman–Crippen LogP) is 0.969. The number of hydrogen-bond acceptors (Lipinski definition) is 2. The van der Waals surface area contributed by atoms with Crippen molar-refractivity contribution in [3.8, 4) is 0 Å². The highest BCUT2D eigenvalue weighted by atomic mass is 16.5. The number of carbonyl (C=O) groups excluding carboxylic acids is 1. The van der Waals surface area contributed by atoms with Gasteiger partial charge in [0.15, 0.2) is 0 Å². The van der Waals surface area contributed by atoms with Crippen LogP contribution in [0.25, 0.3) is 0 Å². The zero-order chi connectivity index (χ0) is 9.97. The van der Waals surface area contributed by atoms with E-state index < -0.39 is 0 Å². The summed E-state index contributed by atoms with van der Waals surface area (Å²) in [5.41, 5.74) is 0. The first kappa shape index (κ1) is 9.77. The van der Waals surface area contributed by atoms with Crippen molar-refractivity contribution in [3.05, 3.63) is 0 Å². The van der Waals surface area contributed by atoms with E-state index in [0.717, 1.165) is 25.9 Å². The van der Waals surface area contributed by atoms with Gasteiger partial charge in [-0.2, -0.15) is 0 Å². The number of urea groups is 1. The molecule has 1 unspecified atom stereocenters. The fraction of sp³-hybridized carbons (Fsp3) is 0.900. The summed E-state index contributed by atoms with van der Waals surface area (Å²) in [4.78, 5) is 13.5. The Morgan fingerprint density at radius 2 is 2.21 bits per heavy atom. The average Bonchev–Trinajstić information content (AvgIpc) is 2.53. The number of amides is 2. The molecular formula is C10H18N2O2. The quantitative estimate of drug-likeness (QED) is 0.718. The number of hydrogen-bond donors (Lipinski definition) is 1. The molecule has 0 spiro atoms. The van der Waals surface area contributed by atoms with Gasteiger partial charge in [0.1, 0.15) is 0 Å². The first-order chi connectivity index (χ1) is 6.77. The van der Waals surface area contributed by atoms with Crippen LogP contribution in [0, 0.1) is 0 Å². The molecule has 0 aromatic rings. The van der Waals surface area contributed by atoms with Crippen molar-refractivity contribution in [2.45, 2.75) is 37.8 Å². The lowest BCUT2D eigenvalue weighted by Crippen LogP contribution is -2.49. The van der Waals surface area contributed by atoms with Crippen LogP contribution in [-0.4, -0.2) is 43.3 Å². The van der Waals surface area contributed by atoms with E-state index in [2.05, 4.69) is 5.32 Å². The molecule has 2 rings (SSSR count). The minimum absolute atomic E-state index is 0.0604. The van der Waals surface area contributed by atoms with Crippen molar-refractivity contribution in [2.75, 3.05) is 20.3 Å². The lowest BCUT2D eigenvalue weighted by molar-refractivity contribution is 0.150. The molecule has 1 saturated carbocycles. The molecule has 1 saturated heterocycles. The van der Waals surface area contributed by atoms with Crippen LogP contribution in [0.4, 0.5) is 4.79 Å². The molecule has 14 heavy (non-hydrogen) atoms. The normalized spacial score (nSPS) is 27.1. The number of ether oxygens (including phenoxy) is 1. The fourth-order valence-electron chi connectivity index (χ4n) is 1.86. The van der Waals surface area contributed by atoms with Gasteiger partial charge in [-0.15, -0.1) is 0 Å². The summed E-state index contributed by atoms with van der Waals surface area (Å²) in [5, 5.41) is 2.99. The molecule has 2 aliphatic rings. The largest absolute Gasteiger partial charge is 0.379 e. The van der Waals surface area contributed by atoms with E-state index in [9.17, 15) is 4.79 Å². The standard InChI is InChI=1S/C10H18N2O2/c1-12(9-3-2-4-9)10(13)11-8-5-6-14-7-8/h8-9H,2-7H2,1H3,(H,11,13). The Kier molecular flexibility index (Phi) is 2.91. The summed E-state index contributed by atoms with van der Waals surface area (Å²) >= 11 is 0. The van der Waals surface area contributed by atoms with Gasteiger partial charge in [-0.1, -0.05) is 0 Å². The van der Waals surface area contributed by atoms with Gasteiger partial charge in [0.05, 0.1) is 12.6 Å². The van der Waals surface area contributed by atoms with Gasteiger partial charge in [0.2, 0.25) is 0 Å². The smallest absolute Gasteiger partial charge is 0.317 e. The van der Waals surface area contributed by atoms with Crippen molar-refractivity contribution < 1.29 is 9.53 Å². The van der Waals surface area contributed by atoms with Gasteiger partial charge >= 0.3 is 6.03 Å². The first-order valence-corrected chi connectivity index (χ1v) is 5.38. The number of nitrogens with one attached hydrogen (secondary N) is 1. The van der Waals surface area contributed by atoms with E-state index in [1.54, 1.807) is 0 Å². The van der Waals surface area contributed by atoms with Gasteiger partial charge < -0.3 is 15.0 Å². The van der Waals surface area contributed by atoms with Crippen LogP contribution in [0.1, 0.15) is 25.7 Å². The van der Waals surface area contributed by atoms with Crippen molar-refractivity contribution in [1.29, 1.82) is 0 Å². The van der Waals surface area contributed by atoms with Gasteiger partial charge in [0.25, 0.3) is 0 Å². The van der Waals surface area contributed by atoms with Crippen LogP contribution in [0.2, 0.25) is 0 Å². The van der Waals surface area contributed by atoms with Crippen LogP contribution < -0.4 is 5.32 Å². The van der Waals surface area contributed by atoms with Crippen LogP contribution in [0.15, 0.2) is 0 Å². The predicted molar refractivity (Wildman–Crippen MR) is 53.2 cm³/mol. The average molecular weight is 198 g/mol. The highest BCUT2D eigenvalue weighted by Gasteiger charge is 2.27. The Balaban J connectivity index is 1.75. The minimum atomic E-state index is 0.0604. The van der Waals surface area contributed by atoms with Gasteiger partial charge in [-0.3, -0.25) is 0 Å². The van der Waals surface area contributed by atoms with E-state index in [1.165, 1.54) is 6.42 Å².